The van der Waals surface area contributed by atoms with Gasteiger partial charge in [0.2, 0.25) is 0 Å². The second kappa shape index (κ2) is 3.40. The first-order valence-corrected chi connectivity index (χ1v) is 4.63. The predicted octanol–water partition coefficient (Wildman–Crippen LogP) is 1.79. The van der Waals surface area contributed by atoms with E-state index in [0.29, 0.717) is 6.04 Å². The summed E-state index contributed by atoms with van der Waals surface area (Å²) in [4.78, 5) is 2.44. The molecule has 1 aromatic heterocycles. The molecule has 1 unspecified atom stereocenters. The van der Waals surface area contributed by atoms with E-state index in [2.05, 4.69) is 43.0 Å². The van der Waals surface area contributed by atoms with E-state index in [9.17, 15) is 0 Å². The van der Waals surface area contributed by atoms with Crippen molar-refractivity contribution in [3.8, 4) is 0 Å². The van der Waals surface area contributed by atoms with E-state index in [4.69, 9.17) is 0 Å². The monoisotopic (exact) mass is 159 g/mol. The van der Waals surface area contributed by atoms with Crippen LogP contribution in [0.25, 0.3) is 0 Å². The van der Waals surface area contributed by atoms with Gasteiger partial charge in [-0.3, -0.25) is 0 Å². The quantitative estimate of drug-likeness (QED) is 0.603. The van der Waals surface area contributed by atoms with Gasteiger partial charge >= 0.3 is 73.9 Å². The van der Waals surface area contributed by atoms with Crippen molar-refractivity contribution in [1.82, 2.24) is 4.90 Å². The number of hydrogen-bond donors (Lipinski definition) is 0. The molecule has 1 aromatic rings. The Morgan fingerprint density at radius 1 is 1.50 bits per heavy atom. The van der Waals surface area contributed by atoms with Gasteiger partial charge in [-0.05, 0) is 0 Å². The maximum absolute atomic E-state index is 2.44. The first kappa shape index (κ1) is 8.00. The van der Waals surface area contributed by atoms with Crippen molar-refractivity contribution < 1.29 is 0 Å². The van der Waals surface area contributed by atoms with Gasteiger partial charge in [0.15, 0.2) is 0 Å². The van der Waals surface area contributed by atoms with E-state index in [-0.39, 0.29) is 0 Å². The molecule has 2 rings (SSSR count). The Bertz CT molecular complexity index is 247. The summed E-state index contributed by atoms with van der Waals surface area (Å²) in [6, 6.07) is 7.11. The van der Waals surface area contributed by atoms with Gasteiger partial charge in [-0.15, -0.1) is 0 Å². The van der Waals surface area contributed by atoms with Crippen molar-refractivity contribution in [2.75, 3.05) is 13.6 Å². The Labute approximate surface area is 74.6 Å². The van der Waals surface area contributed by atoms with E-state index in [1.54, 1.807) is 0 Å². The van der Waals surface area contributed by atoms with Crippen LogP contribution in [0.15, 0.2) is 24.2 Å². The van der Waals surface area contributed by atoms with E-state index >= 15 is 0 Å². The summed E-state index contributed by atoms with van der Waals surface area (Å²) in [7, 11) is 2.21. The predicted molar refractivity (Wildman–Crippen MR) is 52.4 cm³/mol. The normalized spacial score (nSPS) is 24.2. The van der Waals surface area contributed by atoms with Crippen LogP contribution in [0.3, 0.4) is 0 Å². The fourth-order valence-electron chi connectivity index (χ4n) is 2.01. The van der Waals surface area contributed by atoms with E-state index in [1.165, 1.54) is 24.8 Å². The molecule has 2 heterocycles. The third kappa shape index (κ3) is 1.44. The standard InChI is InChI=1S/C10H14BN/c1-12-8-4-6-10(12)9-5-2-3-7-11-9/h2-3,5,7,10H,4,6,8H2,1H3. The Hall–Kier alpha value is -0.625. The molecular weight excluding hydrogens is 145 g/mol. The van der Waals surface area contributed by atoms with Gasteiger partial charge in [0.1, 0.15) is 0 Å². The fraction of sp³-hybridized carbons (Fsp3) is 0.500. The van der Waals surface area contributed by atoms with Gasteiger partial charge in [-0.1, -0.05) is 0 Å². The minimum atomic E-state index is 0.672. The molecule has 0 spiro atoms. The van der Waals surface area contributed by atoms with Crippen LogP contribution in [0, 0.1) is 0 Å². The Balaban J connectivity index is 2.19. The fourth-order valence-corrected chi connectivity index (χ4v) is 2.01. The summed E-state index contributed by atoms with van der Waals surface area (Å²) < 4.78 is 0. The number of likely N-dealkylation sites (tertiary alicyclic amines) is 1. The Kier molecular flexibility index (Phi) is 2.27. The minimum absolute atomic E-state index is 0.672. The second-order valence-electron chi connectivity index (χ2n) is 3.55. The van der Waals surface area contributed by atoms with E-state index in [0.717, 1.165) is 0 Å². The molecule has 0 aromatic carbocycles. The molecular formula is C10H14BN. The summed E-state index contributed by atoms with van der Waals surface area (Å²) in [5, 5.41) is 0. The molecule has 1 fully saturated rings. The van der Waals surface area contributed by atoms with Gasteiger partial charge in [0, 0.05) is 0 Å². The van der Waals surface area contributed by atoms with Crippen LogP contribution < -0.4 is 0 Å². The van der Waals surface area contributed by atoms with Gasteiger partial charge in [-0.25, -0.2) is 0 Å². The summed E-state index contributed by atoms with van der Waals surface area (Å²) in [5.74, 6) is 2.13. The van der Waals surface area contributed by atoms with Gasteiger partial charge in [-0.2, -0.15) is 0 Å². The summed E-state index contributed by atoms with van der Waals surface area (Å²) in [6.45, 7) is 3.48. The topological polar surface area (TPSA) is 3.24 Å². The molecule has 0 bridgehead atoms. The van der Waals surface area contributed by atoms with Crippen molar-refractivity contribution >= 4 is 6.91 Å². The SMILES string of the molecule is CN1CCCC1c1bcccc1. The van der Waals surface area contributed by atoms with Crippen molar-refractivity contribution in [3.05, 3.63) is 29.6 Å². The molecule has 12 heavy (non-hydrogen) atoms. The molecule has 0 N–H and O–H groups in total. The van der Waals surface area contributed by atoms with E-state index < -0.39 is 0 Å². The number of nitrogens with zero attached hydrogens (tertiary/aromatic N) is 1. The van der Waals surface area contributed by atoms with Gasteiger partial charge in [0.05, 0.1) is 0 Å². The Morgan fingerprint density at radius 3 is 3.00 bits per heavy atom. The molecule has 2 heteroatoms. The molecule has 1 atom stereocenters. The van der Waals surface area contributed by atoms with Crippen molar-refractivity contribution in [1.29, 1.82) is 0 Å². The molecule has 0 amide bonds. The summed E-state index contributed by atoms with van der Waals surface area (Å²) >= 11 is 0. The Morgan fingerprint density at radius 2 is 2.42 bits per heavy atom. The van der Waals surface area contributed by atoms with Crippen molar-refractivity contribution in [2.24, 2.45) is 0 Å². The second-order valence-corrected chi connectivity index (χ2v) is 3.55. The first-order valence-electron chi connectivity index (χ1n) is 4.63. The maximum atomic E-state index is 2.44. The molecule has 1 aliphatic heterocycles. The number of hydrogen-bond acceptors (Lipinski definition) is 1. The zero-order valence-electron chi connectivity index (χ0n) is 7.53. The molecule has 1 aliphatic rings. The van der Waals surface area contributed by atoms with Gasteiger partial charge in [0.25, 0.3) is 0 Å². The molecule has 0 saturated carbocycles. The molecule has 0 aliphatic carbocycles. The van der Waals surface area contributed by atoms with Crippen LogP contribution in [-0.2, 0) is 0 Å². The van der Waals surface area contributed by atoms with Crippen molar-refractivity contribution in [2.45, 2.75) is 18.9 Å². The average molecular weight is 159 g/mol. The number of rotatable bonds is 1. The van der Waals surface area contributed by atoms with Crippen molar-refractivity contribution in [3.63, 3.8) is 0 Å². The summed E-state index contributed by atoms with van der Waals surface area (Å²) in [5.41, 5.74) is 1.47. The molecule has 0 radical (unpaired) electrons. The van der Waals surface area contributed by atoms with E-state index in [1.807, 2.05) is 0 Å². The van der Waals surface area contributed by atoms with Crippen LogP contribution in [0.1, 0.15) is 24.3 Å². The van der Waals surface area contributed by atoms with Gasteiger partial charge < -0.3 is 0 Å². The first-order chi connectivity index (χ1) is 5.88. The van der Waals surface area contributed by atoms with Crippen LogP contribution in [0.4, 0.5) is 0 Å². The van der Waals surface area contributed by atoms with Crippen LogP contribution in [0.2, 0.25) is 0 Å². The zero-order valence-corrected chi connectivity index (χ0v) is 7.53. The third-order valence-corrected chi connectivity index (χ3v) is 2.70. The molecule has 1 nitrogen and oxygen atoms in total. The average Bonchev–Trinajstić information content (AvgIpc) is 2.53. The summed E-state index contributed by atoms with van der Waals surface area (Å²) in [6.07, 6.45) is 2.66. The molecule has 62 valence electrons. The van der Waals surface area contributed by atoms with Crippen LogP contribution in [0.5, 0.6) is 0 Å². The van der Waals surface area contributed by atoms with Crippen LogP contribution >= 0.6 is 0 Å². The van der Waals surface area contributed by atoms with Crippen LogP contribution in [-0.4, -0.2) is 25.4 Å². The third-order valence-electron chi connectivity index (χ3n) is 2.70. The zero-order chi connectivity index (χ0) is 8.39. The molecule has 1 saturated heterocycles.